The fourth-order valence-corrected chi connectivity index (χ4v) is 2.63. The van der Waals surface area contributed by atoms with Crippen LogP contribution >= 0.6 is 11.3 Å². The Morgan fingerprint density at radius 3 is 2.80 bits per heavy atom. The summed E-state index contributed by atoms with van der Waals surface area (Å²) in [6, 6.07) is 0. The quantitative estimate of drug-likeness (QED) is 0.707. The lowest BCUT2D eigenvalue weighted by Gasteiger charge is -2.15. The molecule has 0 aliphatic carbocycles. The molecule has 0 radical (unpaired) electrons. The predicted octanol–water partition coefficient (Wildman–Crippen LogP) is 3.76. The highest BCUT2D eigenvalue weighted by atomic mass is 32.1. The number of hydrogen-bond acceptors (Lipinski definition) is 3. The van der Waals surface area contributed by atoms with E-state index in [0.29, 0.717) is 5.92 Å². The van der Waals surface area contributed by atoms with Crippen molar-refractivity contribution in [1.29, 1.82) is 0 Å². The van der Waals surface area contributed by atoms with Crippen LogP contribution in [0.2, 0.25) is 0 Å². The highest BCUT2D eigenvalue weighted by Crippen LogP contribution is 2.28. The molecule has 1 heterocycles. The molecule has 15 heavy (non-hydrogen) atoms. The molecule has 0 amide bonds. The molecule has 0 fully saturated rings. The third kappa shape index (κ3) is 3.92. The van der Waals surface area contributed by atoms with Gasteiger partial charge in [0.05, 0.1) is 17.8 Å². The molecule has 0 saturated heterocycles. The van der Waals surface area contributed by atoms with Gasteiger partial charge in [-0.2, -0.15) is 0 Å². The van der Waals surface area contributed by atoms with Crippen molar-refractivity contribution in [3.05, 3.63) is 16.1 Å². The lowest BCUT2D eigenvalue weighted by Crippen LogP contribution is -2.08. The van der Waals surface area contributed by atoms with Crippen LogP contribution in [0.1, 0.15) is 49.6 Å². The topological polar surface area (TPSA) is 22.1 Å². The van der Waals surface area contributed by atoms with E-state index in [9.17, 15) is 0 Å². The fourth-order valence-electron chi connectivity index (χ4n) is 1.70. The summed E-state index contributed by atoms with van der Waals surface area (Å²) in [5.41, 5.74) is 3.12. The second-order valence-corrected chi connectivity index (χ2v) is 4.69. The minimum Gasteiger partial charge on any atom is -0.381 e. The zero-order valence-electron chi connectivity index (χ0n) is 9.95. The average molecular weight is 227 g/mol. The number of hydrogen-bond donors (Lipinski definition) is 0. The zero-order chi connectivity index (χ0) is 11.1. The first-order chi connectivity index (χ1) is 7.29. The number of aryl methyl sites for hydroxylation is 1. The van der Waals surface area contributed by atoms with Crippen LogP contribution in [0.25, 0.3) is 0 Å². The van der Waals surface area contributed by atoms with Gasteiger partial charge in [0, 0.05) is 17.4 Å². The van der Waals surface area contributed by atoms with Crippen LogP contribution in [0.3, 0.4) is 0 Å². The molecule has 86 valence electrons. The molecule has 1 rings (SSSR count). The molecule has 3 heteroatoms. The Labute approximate surface area is 96.7 Å². The molecular formula is C12H21NOS. The van der Waals surface area contributed by atoms with Crippen LogP contribution in [-0.2, 0) is 4.74 Å². The Morgan fingerprint density at radius 1 is 1.47 bits per heavy atom. The molecule has 0 bridgehead atoms. The van der Waals surface area contributed by atoms with Gasteiger partial charge in [-0.3, -0.25) is 0 Å². The van der Waals surface area contributed by atoms with Crippen molar-refractivity contribution in [2.24, 2.45) is 0 Å². The summed E-state index contributed by atoms with van der Waals surface area (Å²) in [5.74, 6) is 0.553. The Hall–Kier alpha value is -0.410. The Balaban J connectivity index is 2.58. The highest BCUT2D eigenvalue weighted by Gasteiger charge is 2.15. The third-order valence-corrected chi connectivity index (χ3v) is 3.68. The third-order valence-electron chi connectivity index (χ3n) is 2.58. The highest BCUT2D eigenvalue weighted by molar-refractivity contribution is 7.09. The minimum atomic E-state index is 0.553. The second kappa shape index (κ2) is 6.96. The van der Waals surface area contributed by atoms with E-state index in [1.807, 2.05) is 5.51 Å². The summed E-state index contributed by atoms with van der Waals surface area (Å²) in [5, 5.41) is 0. The monoisotopic (exact) mass is 227 g/mol. The summed E-state index contributed by atoms with van der Waals surface area (Å²) < 4.78 is 5.55. The van der Waals surface area contributed by atoms with Crippen LogP contribution < -0.4 is 0 Å². The van der Waals surface area contributed by atoms with Crippen LogP contribution in [-0.4, -0.2) is 18.2 Å². The van der Waals surface area contributed by atoms with Gasteiger partial charge >= 0.3 is 0 Å². The number of unbranched alkanes of at least 4 members (excludes halogenated alkanes) is 1. The number of nitrogens with zero attached hydrogens (tertiary/aromatic N) is 1. The smallest absolute Gasteiger partial charge is 0.0797 e. The maximum Gasteiger partial charge on any atom is 0.0797 e. The van der Waals surface area contributed by atoms with Gasteiger partial charge in [-0.05, 0) is 20.3 Å². The van der Waals surface area contributed by atoms with Crippen molar-refractivity contribution >= 4 is 11.3 Å². The maximum absolute atomic E-state index is 5.55. The van der Waals surface area contributed by atoms with Crippen molar-refractivity contribution < 1.29 is 4.74 Å². The molecule has 0 aliphatic heterocycles. The number of aromatic nitrogens is 1. The molecule has 1 atom stereocenters. The molecule has 0 aliphatic rings. The largest absolute Gasteiger partial charge is 0.381 e. The van der Waals surface area contributed by atoms with Crippen molar-refractivity contribution in [3.8, 4) is 0 Å². The Morgan fingerprint density at radius 2 is 2.27 bits per heavy atom. The zero-order valence-corrected chi connectivity index (χ0v) is 10.8. The molecule has 2 nitrogen and oxygen atoms in total. The molecule has 0 aromatic carbocycles. The predicted molar refractivity (Wildman–Crippen MR) is 65.6 cm³/mol. The summed E-state index contributed by atoms with van der Waals surface area (Å²) in [6.45, 7) is 8.03. The van der Waals surface area contributed by atoms with Crippen LogP contribution in [0.4, 0.5) is 0 Å². The van der Waals surface area contributed by atoms with E-state index >= 15 is 0 Å². The average Bonchev–Trinajstić information content (AvgIpc) is 2.65. The first-order valence-electron chi connectivity index (χ1n) is 5.77. The van der Waals surface area contributed by atoms with Gasteiger partial charge in [-0.1, -0.05) is 19.8 Å². The van der Waals surface area contributed by atoms with Gasteiger partial charge < -0.3 is 4.74 Å². The molecule has 0 saturated carbocycles. The van der Waals surface area contributed by atoms with Crippen LogP contribution in [0.5, 0.6) is 0 Å². The van der Waals surface area contributed by atoms with Crippen LogP contribution in [0.15, 0.2) is 5.51 Å². The number of ether oxygens (including phenoxy) is 1. The summed E-state index contributed by atoms with van der Waals surface area (Å²) >= 11 is 1.77. The Kier molecular flexibility index (Phi) is 5.88. The van der Waals surface area contributed by atoms with Gasteiger partial charge in [-0.25, -0.2) is 4.98 Å². The second-order valence-electron chi connectivity index (χ2n) is 3.80. The van der Waals surface area contributed by atoms with E-state index < -0.39 is 0 Å². The van der Waals surface area contributed by atoms with Gasteiger partial charge in [-0.15, -0.1) is 11.3 Å². The molecule has 0 spiro atoms. The van der Waals surface area contributed by atoms with Gasteiger partial charge in [0.1, 0.15) is 0 Å². The van der Waals surface area contributed by atoms with Crippen molar-refractivity contribution in [2.45, 2.75) is 46.0 Å². The van der Waals surface area contributed by atoms with E-state index in [1.165, 1.54) is 29.8 Å². The summed E-state index contributed by atoms with van der Waals surface area (Å²) in [7, 11) is 0. The van der Waals surface area contributed by atoms with E-state index in [0.717, 1.165) is 13.2 Å². The van der Waals surface area contributed by atoms with E-state index in [4.69, 9.17) is 4.74 Å². The molecule has 1 unspecified atom stereocenters. The molecule has 0 N–H and O–H groups in total. The lowest BCUT2D eigenvalue weighted by atomic mass is 10.0. The first-order valence-corrected chi connectivity index (χ1v) is 6.65. The maximum atomic E-state index is 5.55. The van der Waals surface area contributed by atoms with Crippen LogP contribution in [0, 0.1) is 6.92 Å². The van der Waals surface area contributed by atoms with Gasteiger partial charge in [0.2, 0.25) is 0 Å². The van der Waals surface area contributed by atoms with E-state index in [-0.39, 0.29) is 0 Å². The van der Waals surface area contributed by atoms with Gasteiger partial charge in [0.15, 0.2) is 0 Å². The van der Waals surface area contributed by atoms with Crippen molar-refractivity contribution in [3.63, 3.8) is 0 Å². The Bertz CT molecular complexity index is 264. The van der Waals surface area contributed by atoms with E-state index in [1.54, 1.807) is 11.3 Å². The van der Waals surface area contributed by atoms with E-state index in [2.05, 4.69) is 25.8 Å². The number of thiazole rings is 1. The minimum absolute atomic E-state index is 0.553. The molecule has 1 aromatic heterocycles. The summed E-state index contributed by atoms with van der Waals surface area (Å²) in [4.78, 5) is 5.73. The van der Waals surface area contributed by atoms with Crippen molar-refractivity contribution in [2.75, 3.05) is 13.2 Å². The van der Waals surface area contributed by atoms with Crippen molar-refractivity contribution in [1.82, 2.24) is 4.98 Å². The molecule has 1 aromatic rings. The summed E-state index contributed by atoms with van der Waals surface area (Å²) in [6.07, 6.45) is 3.75. The van der Waals surface area contributed by atoms with Gasteiger partial charge in [0.25, 0.3) is 0 Å². The lowest BCUT2D eigenvalue weighted by molar-refractivity contribution is 0.129. The normalized spacial score (nSPS) is 13.0. The number of rotatable bonds is 7. The SMILES string of the molecule is CCCCC(COCC)c1scnc1C. The fraction of sp³-hybridized carbons (Fsp3) is 0.750. The molecular weight excluding hydrogens is 206 g/mol. The first kappa shape index (κ1) is 12.7. The standard InChI is InChI=1S/C12H21NOS/c1-4-6-7-11(8-14-5-2)12-10(3)13-9-15-12/h9,11H,4-8H2,1-3H3.